The second-order valence-corrected chi connectivity index (χ2v) is 7.76. The van der Waals surface area contributed by atoms with E-state index in [0.29, 0.717) is 17.0 Å². The highest BCUT2D eigenvalue weighted by molar-refractivity contribution is 7.92. The van der Waals surface area contributed by atoms with E-state index in [0.717, 1.165) is 0 Å². The molecular formula is C18H21FN2O4S. The molecule has 0 unspecified atom stereocenters. The van der Waals surface area contributed by atoms with E-state index in [-0.39, 0.29) is 30.6 Å². The molecule has 1 amide bonds. The van der Waals surface area contributed by atoms with E-state index < -0.39 is 10.0 Å². The summed E-state index contributed by atoms with van der Waals surface area (Å²) in [5.41, 5.74) is 0.904. The summed E-state index contributed by atoms with van der Waals surface area (Å²) < 4.78 is 43.0. The van der Waals surface area contributed by atoms with Gasteiger partial charge in [0.25, 0.3) is 5.91 Å². The predicted molar refractivity (Wildman–Crippen MR) is 98.5 cm³/mol. The third kappa shape index (κ3) is 5.19. The lowest BCUT2D eigenvalue weighted by Gasteiger charge is -2.18. The maximum absolute atomic E-state index is 12.8. The molecule has 0 bridgehead atoms. The Morgan fingerprint density at radius 2 is 1.73 bits per heavy atom. The molecule has 1 N–H and O–H groups in total. The molecule has 2 aromatic carbocycles. The Kier molecular flexibility index (Phi) is 6.57. The highest BCUT2D eigenvalue weighted by Gasteiger charge is 2.16. The molecule has 0 aliphatic carbocycles. The van der Waals surface area contributed by atoms with Gasteiger partial charge in [-0.1, -0.05) is 0 Å². The van der Waals surface area contributed by atoms with Crippen LogP contribution in [0.5, 0.6) is 5.75 Å². The number of carbonyl (C=O) groups excluding carboxylic acids is 1. The molecular weight excluding hydrogens is 359 g/mol. The van der Waals surface area contributed by atoms with Crippen molar-refractivity contribution in [1.29, 1.82) is 0 Å². The smallest absolute Gasteiger partial charge is 0.251 e. The Bertz CT molecular complexity index is 836. The molecule has 26 heavy (non-hydrogen) atoms. The van der Waals surface area contributed by atoms with Crippen LogP contribution in [0.4, 0.5) is 10.1 Å². The molecule has 0 aliphatic rings. The second-order valence-electron chi connectivity index (χ2n) is 5.47. The monoisotopic (exact) mass is 380 g/mol. The summed E-state index contributed by atoms with van der Waals surface area (Å²) in [7, 11) is -1.87. The van der Waals surface area contributed by atoms with Gasteiger partial charge in [0.1, 0.15) is 18.2 Å². The zero-order valence-electron chi connectivity index (χ0n) is 14.6. The SMILES string of the molecule is CCS(=O)(=O)N(C)c1ccc(C(=O)NCCOc2ccc(F)cc2)cc1. The third-order valence-electron chi connectivity index (χ3n) is 3.75. The molecule has 0 spiro atoms. The highest BCUT2D eigenvalue weighted by atomic mass is 32.2. The number of nitrogens with zero attached hydrogens (tertiary/aromatic N) is 1. The second kappa shape index (κ2) is 8.66. The van der Waals surface area contributed by atoms with Crippen molar-refractivity contribution < 1.29 is 22.3 Å². The van der Waals surface area contributed by atoms with Gasteiger partial charge in [0, 0.05) is 12.6 Å². The van der Waals surface area contributed by atoms with E-state index in [4.69, 9.17) is 4.74 Å². The number of hydrogen-bond donors (Lipinski definition) is 1. The van der Waals surface area contributed by atoms with Crippen molar-refractivity contribution >= 4 is 21.6 Å². The van der Waals surface area contributed by atoms with Crippen molar-refractivity contribution in [3.63, 3.8) is 0 Å². The molecule has 0 saturated carbocycles. The maximum atomic E-state index is 12.8. The van der Waals surface area contributed by atoms with Crippen molar-refractivity contribution in [2.75, 3.05) is 30.3 Å². The summed E-state index contributed by atoms with van der Waals surface area (Å²) in [5.74, 6) is -0.114. The Morgan fingerprint density at radius 3 is 2.31 bits per heavy atom. The molecule has 2 aromatic rings. The van der Waals surface area contributed by atoms with Gasteiger partial charge in [-0.05, 0) is 55.5 Å². The van der Waals surface area contributed by atoms with Crippen LogP contribution < -0.4 is 14.4 Å². The largest absolute Gasteiger partial charge is 0.492 e. The Balaban J connectivity index is 1.85. The van der Waals surface area contributed by atoms with Gasteiger partial charge >= 0.3 is 0 Å². The van der Waals surface area contributed by atoms with E-state index in [1.165, 1.54) is 35.6 Å². The van der Waals surface area contributed by atoms with Gasteiger partial charge in [-0.15, -0.1) is 0 Å². The van der Waals surface area contributed by atoms with E-state index in [1.807, 2.05) is 0 Å². The minimum absolute atomic E-state index is 0.000205. The van der Waals surface area contributed by atoms with Crippen LogP contribution in [0.15, 0.2) is 48.5 Å². The fourth-order valence-electron chi connectivity index (χ4n) is 2.14. The average molecular weight is 380 g/mol. The predicted octanol–water partition coefficient (Wildman–Crippen LogP) is 2.42. The Morgan fingerprint density at radius 1 is 1.12 bits per heavy atom. The number of anilines is 1. The molecule has 0 radical (unpaired) electrons. The Labute approximate surface area is 152 Å². The van der Waals surface area contributed by atoms with Gasteiger partial charge in [0.2, 0.25) is 10.0 Å². The molecule has 0 heterocycles. The molecule has 8 heteroatoms. The molecule has 2 rings (SSSR count). The highest BCUT2D eigenvalue weighted by Crippen LogP contribution is 2.17. The van der Waals surface area contributed by atoms with Gasteiger partial charge in [0.15, 0.2) is 0 Å². The topological polar surface area (TPSA) is 75.7 Å². The average Bonchev–Trinajstić information content (AvgIpc) is 2.66. The number of benzene rings is 2. The van der Waals surface area contributed by atoms with Crippen LogP contribution in [-0.2, 0) is 10.0 Å². The number of ether oxygens (including phenoxy) is 1. The summed E-state index contributed by atoms with van der Waals surface area (Å²) in [5, 5.41) is 2.70. The lowest BCUT2D eigenvalue weighted by Crippen LogP contribution is -2.29. The first kappa shape index (κ1) is 19.7. The number of hydrogen-bond acceptors (Lipinski definition) is 4. The first-order valence-corrected chi connectivity index (χ1v) is 9.67. The van der Waals surface area contributed by atoms with Gasteiger partial charge in [-0.2, -0.15) is 0 Å². The lowest BCUT2D eigenvalue weighted by atomic mass is 10.2. The number of nitrogens with one attached hydrogen (secondary N) is 1. The first-order valence-electron chi connectivity index (χ1n) is 8.06. The zero-order chi connectivity index (χ0) is 19.2. The van der Waals surface area contributed by atoms with Crippen LogP contribution in [0.25, 0.3) is 0 Å². The lowest BCUT2D eigenvalue weighted by molar-refractivity contribution is 0.0947. The minimum atomic E-state index is -3.34. The first-order chi connectivity index (χ1) is 12.3. The number of halogens is 1. The maximum Gasteiger partial charge on any atom is 0.251 e. The molecule has 0 aromatic heterocycles. The third-order valence-corrected chi connectivity index (χ3v) is 5.52. The van der Waals surface area contributed by atoms with Crippen LogP contribution in [0.1, 0.15) is 17.3 Å². The van der Waals surface area contributed by atoms with E-state index in [2.05, 4.69) is 5.32 Å². The molecule has 0 fully saturated rings. The molecule has 6 nitrogen and oxygen atoms in total. The van der Waals surface area contributed by atoms with Gasteiger partial charge in [0.05, 0.1) is 18.0 Å². The minimum Gasteiger partial charge on any atom is -0.492 e. The van der Waals surface area contributed by atoms with Crippen molar-refractivity contribution in [1.82, 2.24) is 5.32 Å². The summed E-state index contributed by atoms with van der Waals surface area (Å²) in [6.45, 7) is 2.09. The molecule has 0 atom stereocenters. The number of sulfonamides is 1. The Hall–Kier alpha value is -2.61. The van der Waals surface area contributed by atoms with Crippen LogP contribution in [0.2, 0.25) is 0 Å². The van der Waals surface area contributed by atoms with E-state index in [9.17, 15) is 17.6 Å². The van der Waals surface area contributed by atoms with Crippen LogP contribution >= 0.6 is 0 Å². The van der Waals surface area contributed by atoms with Crippen LogP contribution in [-0.4, -0.2) is 40.3 Å². The summed E-state index contributed by atoms with van der Waals surface area (Å²) in [4.78, 5) is 12.1. The van der Waals surface area contributed by atoms with Crippen LogP contribution in [0.3, 0.4) is 0 Å². The molecule has 0 saturated heterocycles. The molecule has 140 valence electrons. The quantitative estimate of drug-likeness (QED) is 0.714. The van der Waals surface area contributed by atoms with E-state index >= 15 is 0 Å². The van der Waals surface area contributed by atoms with Gasteiger partial charge in [-0.25, -0.2) is 12.8 Å². The standard InChI is InChI=1S/C18H21FN2O4S/c1-3-26(23,24)21(2)16-8-4-14(5-9-16)18(22)20-12-13-25-17-10-6-15(19)7-11-17/h4-11H,3,12-13H2,1-2H3,(H,20,22). The summed E-state index contributed by atoms with van der Waals surface area (Å²) in [6.07, 6.45) is 0. The number of amides is 1. The van der Waals surface area contributed by atoms with E-state index in [1.54, 1.807) is 31.2 Å². The summed E-state index contributed by atoms with van der Waals surface area (Å²) in [6, 6.07) is 11.9. The van der Waals surface area contributed by atoms with Crippen LogP contribution in [0, 0.1) is 5.82 Å². The van der Waals surface area contributed by atoms with Gasteiger partial charge in [-0.3, -0.25) is 9.10 Å². The fraction of sp³-hybridized carbons (Fsp3) is 0.278. The normalized spacial score (nSPS) is 11.0. The van der Waals surface area contributed by atoms with Crippen molar-refractivity contribution in [2.45, 2.75) is 6.92 Å². The van der Waals surface area contributed by atoms with Crippen molar-refractivity contribution in [3.05, 3.63) is 59.9 Å². The van der Waals surface area contributed by atoms with Gasteiger partial charge < -0.3 is 10.1 Å². The summed E-state index contributed by atoms with van der Waals surface area (Å²) >= 11 is 0. The van der Waals surface area contributed by atoms with Crippen molar-refractivity contribution in [3.8, 4) is 5.75 Å². The zero-order valence-corrected chi connectivity index (χ0v) is 15.4. The fourth-order valence-corrected chi connectivity index (χ4v) is 2.97. The molecule has 0 aliphatic heterocycles. The number of carbonyl (C=O) groups is 1. The van der Waals surface area contributed by atoms with Crippen molar-refractivity contribution in [2.24, 2.45) is 0 Å². The number of rotatable bonds is 8.